The first-order valence-electron chi connectivity index (χ1n) is 9.02. The largest absolute Gasteiger partial charge is 0.496 e. The predicted molar refractivity (Wildman–Crippen MR) is 107 cm³/mol. The molecule has 11 nitrogen and oxygen atoms in total. The van der Waals surface area contributed by atoms with E-state index in [0.717, 1.165) is 0 Å². The van der Waals surface area contributed by atoms with Gasteiger partial charge in [-0.2, -0.15) is 10.4 Å². The highest BCUT2D eigenvalue weighted by Gasteiger charge is 2.18. The van der Waals surface area contributed by atoms with Gasteiger partial charge in [0.1, 0.15) is 29.2 Å². The van der Waals surface area contributed by atoms with Crippen LogP contribution in [0.4, 0.5) is 20.8 Å². The molecule has 0 radical (unpaired) electrons. The van der Waals surface area contributed by atoms with Crippen molar-refractivity contribution in [3.05, 3.63) is 42.1 Å². The number of ether oxygens (including phenoxy) is 2. The molecule has 0 atom stereocenters. The summed E-state index contributed by atoms with van der Waals surface area (Å²) in [7, 11) is 1.40. The van der Waals surface area contributed by atoms with Gasteiger partial charge in [0.15, 0.2) is 11.5 Å². The molecule has 31 heavy (non-hydrogen) atoms. The SMILES string of the molecule is COc1cc(F)cc(OCCCNC(=O)O)c1-c1cc(Nc2cnc(C#N)cn2)n[nH]1. The quantitative estimate of drug-likeness (QED) is 0.377. The molecule has 0 aliphatic carbocycles. The third kappa shape index (κ3) is 5.57. The number of carbonyl (C=O) groups is 1. The summed E-state index contributed by atoms with van der Waals surface area (Å²) in [5.74, 6) is 0.667. The summed E-state index contributed by atoms with van der Waals surface area (Å²) in [6.07, 6.45) is 1.98. The Hall–Kier alpha value is -4.40. The lowest BCUT2D eigenvalue weighted by Gasteiger charge is -2.14. The zero-order chi connectivity index (χ0) is 22.2. The van der Waals surface area contributed by atoms with Crippen LogP contribution >= 0.6 is 0 Å². The van der Waals surface area contributed by atoms with Gasteiger partial charge in [-0.25, -0.2) is 19.2 Å². The number of H-pyrrole nitrogens is 1. The number of rotatable bonds is 9. The van der Waals surface area contributed by atoms with Crippen LogP contribution < -0.4 is 20.1 Å². The monoisotopic (exact) mass is 427 g/mol. The van der Waals surface area contributed by atoms with E-state index in [4.69, 9.17) is 19.8 Å². The normalized spacial score (nSPS) is 10.2. The molecule has 0 aliphatic heterocycles. The standard InChI is InChI=1S/C19H18FN7O4/c1-30-14-5-11(20)6-15(31-4-2-3-22-19(28)29)18(14)13-7-16(27-26-13)25-17-10-23-12(8-21)9-24-17/h5-7,9-10,22H,2-4H2,1H3,(H,28,29)(H2,24,25,26,27). The fraction of sp³-hybridized carbons (Fsp3) is 0.211. The Morgan fingerprint density at radius 1 is 1.26 bits per heavy atom. The van der Waals surface area contributed by atoms with Crippen LogP contribution in [-0.4, -0.2) is 51.6 Å². The van der Waals surface area contributed by atoms with E-state index in [1.165, 1.54) is 31.6 Å². The summed E-state index contributed by atoms with van der Waals surface area (Å²) in [6.45, 7) is 0.348. The van der Waals surface area contributed by atoms with Crippen LogP contribution in [0.2, 0.25) is 0 Å². The molecule has 0 spiro atoms. The first-order chi connectivity index (χ1) is 15.0. The van der Waals surface area contributed by atoms with E-state index in [1.54, 1.807) is 6.07 Å². The van der Waals surface area contributed by atoms with Crippen LogP contribution in [0.25, 0.3) is 11.3 Å². The van der Waals surface area contributed by atoms with Crippen molar-refractivity contribution in [1.82, 2.24) is 25.5 Å². The van der Waals surface area contributed by atoms with E-state index in [2.05, 4.69) is 30.8 Å². The summed E-state index contributed by atoms with van der Waals surface area (Å²) >= 11 is 0. The number of aromatic nitrogens is 4. The van der Waals surface area contributed by atoms with Gasteiger partial charge in [-0.1, -0.05) is 0 Å². The van der Waals surface area contributed by atoms with Crippen LogP contribution in [0.5, 0.6) is 11.5 Å². The van der Waals surface area contributed by atoms with Gasteiger partial charge in [-0.05, 0) is 6.42 Å². The average Bonchev–Trinajstić information content (AvgIpc) is 3.21. The summed E-state index contributed by atoms with van der Waals surface area (Å²) < 4.78 is 25.0. The van der Waals surface area contributed by atoms with Gasteiger partial charge in [0.05, 0.1) is 37.4 Å². The number of nitrogens with zero attached hydrogens (tertiary/aromatic N) is 4. The van der Waals surface area contributed by atoms with Crippen LogP contribution in [0.3, 0.4) is 0 Å². The smallest absolute Gasteiger partial charge is 0.404 e. The van der Waals surface area contributed by atoms with Crippen molar-refractivity contribution in [1.29, 1.82) is 5.26 Å². The Morgan fingerprint density at radius 3 is 2.74 bits per heavy atom. The number of methoxy groups -OCH3 is 1. The van der Waals surface area contributed by atoms with Crippen molar-refractivity contribution < 1.29 is 23.8 Å². The first-order valence-corrected chi connectivity index (χ1v) is 9.02. The zero-order valence-corrected chi connectivity index (χ0v) is 16.3. The molecule has 0 saturated heterocycles. The minimum Gasteiger partial charge on any atom is -0.496 e. The van der Waals surface area contributed by atoms with Crippen molar-refractivity contribution >= 4 is 17.7 Å². The summed E-state index contributed by atoms with van der Waals surface area (Å²) in [6, 6.07) is 5.96. The van der Waals surface area contributed by atoms with Gasteiger partial charge in [0.2, 0.25) is 0 Å². The van der Waals surface area contributed by atoms with E-state index in [1.807, 2.05) is 6.07 Å². The molecule has 3 aromatic rings. The average molecular weight is 427 g/mol. The lowest BCUT2D eigenvalue weighted by Crippen LogP contribution is -2.23. The second kappa shape index (κ2) is 9.88. The molecule has 2 aromatic heterocycles. The molecule has 4 N–H and O–H groups in total. The van der Waals surface area contributed by atoms with Gasteiger partial charge in [-0.15, -0.1) is 0 Å². The number of anilines is 2. The third-order valence-corrected chi connectivity index (χ3v) is 3.98. The molecular formula is C19H18FN7O4. The number of carboxylic acid groups (broad SMARTS) is 1. The molecule has 2 heterocycles. The third-order valence-electron chi connectivity index (χ3n) is 3.98. The fourth-order valence-corrected chi connectivity index (χ4v) is 2.64. The molecule has 3 rings (SSSR count). The molecule has 1 amide bonds. The fourth-order valence-electron chi connectivity index (χ4n) is 2.64. The van der Waals surface area contributed by atoms with Crippen molar-refractivity contribution in [2.75, 3.05) is 25.6 Å². The second-order valence-electron chi connectivity index (χ2n) is 6.11. The van der Waals surface area contributed by atoms with Gasteiger partial charge in [-0.3, -0.25) is 5.10 Å². The highest BCUT2D eigenvalue weighted by atomic mass is 19.1. The molecule has 0 bridgehead atoms. The van der Waals surface area contributed by atoms with Crippen molar-refractivity contribution in [2.24, 2.45) is 0 Å². The van der Waals surface area contributed by atoms with Crippen LogP contribution in [0.1, 0.15) is 12.1 Å². The Labute approximate surface area is 175 Å². The Kier molecular flexibility index (Phi) is 6.79. The number of halogens is 1. The Bertz CT molecular complexity index is 1100. The summed E-state index contributed by atoms with van der Waals surface area (Å²) in [4.78, 5) is 18.5. The molecule has 160 valence electrons. The molecule has 0 fully saturated rings. The highest BCUT2D eigenvalue weighted by molar-refractivity contribution is 5.76. The first kappa shape index (κ1) is 21.3. The lowest BCUT2D eigenvalue weighted by molar-refractivity contribution is 0.193. The van der Waals surface area contributed by atoms with Gasteiger partial charge < -0.3 is 25.2 Å². The summed E-state index contributed by atoms with van der Waals surface area (Å²) in [5, 5.41) is 29.5. The second-order valence-corrected chi connectivity index (χ2v) is 6.11. The number of hydrogen-bond donors (Lipinski definition) is 4. The molecule has 0 saturated carbocycles. The van der Waals surface area contributed by atoms with Crippen LogP contribution in [-0.2, 0) is 0 Å². The molecule has 0 unspecified atom stereocenters. The predicted octanol–water partition coefficient (Wildman–Crippen LogP) is 2.67. The number of nitrogens with one attached hydrogen (secondary N) is 3. The van der Waals surface area contributed by atoms with E-state index < -0.39 is 11.9 Å². The lowest BCUT2D eigenvalue weighted by atomic mass is 10.1. The van der Waals surface area contributed by atoms with Crippen LogP contribution in [0.15, 0.2) is 30.6 Å². The maximum absolute atomic E-state index is 14.0. The summed E-state index contributed by atoms with van der Waals surface area (Å²) in [5.41, 5.74) is 1.12. The number of nitriles is 1. The molecule has 12 heteroatoms. The number of aromatic amines is 1. The van der Waals surface area contributed by atoms with Crippen molar-refractivity contribution in [3.8, 4) is 28.8 Å². The van der Waals surface area contributed by atoms with Crippen molar-refractivity contribution in [2.45, 2.75) is 6.42 Å². The van der Waals surface area contributed by atoms with Crippen molar-refractivity contribution in [3.63, 3.8) is 0 Å². The number of hydrogen-bond acceptors (Lipinski definition) is 8. The number of amides is 1. The van der Waals surface area contributed by atoms with E-state index >= 15 is 0 Å². The Balaban J connectivity index is 1.80. The number of benzene rings is 1. The zero-order valence-electron chi connectivity index (χ0n) is 16.3. The Morgan fingerprint density at radius 2 is 2.06 bits per heavy atom. The molecular weight excluding hydrogens is 409 g/mol. The van der Waals surface area contributed by atoms with Gasteiger partial charge in [0, 0.05) is 24.7 Å². The van der Waals surface area contributed by atoms with E-state index in [0.29, 0.717) is 29.3 Å². The highest BCUT2D eigenvalue weighted by Crippen LogP contribution is 2.39. The van der Waals surface area contributed by atoms with E-state index in [-0.39, 0.29) is 30.3 Å². The minimum atomic E-state index is -1.13. The maximum Gasteiger partial charge on any atom is 0.404 e. The van der Waals surface area contributed by atoms with Gasteiger partial charge >= 0.3 is 6.09 Å². The van der Waals surface area contributed by atoms with E-state index in [9.17, 15) is 9.18 Å². The topological polar surface area (TPSA) is 158 Å². The van der Waals surface area contributed by atoms with Gasteiger partial charge in [0.25, 0.3) is 0 Å². The van der Waals surface area contributed by atoms with Crippen LogP contribution in [0, 0.1) is 17.1 Å². The molecule has 1 aromatic carbocycles. The maximum atomic E-state index is 14.0. The molecule has 0 aliphatic rings. The minimum absolute atomic E-state index is 0.153.